The third-order valence-corrected chi connectivity index (χ3v) is 2.90. The number of nitrogens with two attached hydrogens (primary N) is 1. The summed E-state index contributed by atoms with van der Waals surface area (Å²) in [4.78, 5) is 8.70. The standard InChI is InChI=1S/C12H16BrN5.HI/c1-2-5-15-12(14)16-6-10-8-18-7-9(13)3-4-11(18)17-10;/h3-4,7-8H,2,5-6H2,1H3,(H3,14,15,16);1H. The van der Waals surface area contributed by atoms with Crippen LogP contribution >= 0.6 is 39.9 Å². The summed E-state index contributed by atoms with van der Waals surface area (Å²) in [5.41, 5.74) is 7.53. The molecule has 0 saturated heterocycles. The minimum atomic E-state index is 0. The van der Waals surface area contributed by atoms with Gasteiger partial charge >= 0.3 is 0 Å². The van der Waals surface area contributed by atoms with Crippen LogP contribution < -0.4 is 11.1 Å². The molecule has 0 radical (unpaired) electrons. The van der Waals surface area contributed by atoms with Crippen molar-refractivity contribution in [2.24, 2.45) is 10.7 Å². The molecule has 5 nitrogen and oxygen atoms in total. The van der Waals surface area contributed by atoms with E-state index >= 15 is 0 Å². The molecule has 104 valence electrons. The molecule has 3 N–H and O–H groups in total. The van der Waals surface area contributed by atoms with Gasteiger partial charge < -0.3 is 15.5 Å². The van der Waals surface area contributed by atoms with Crippen LogP contribution in [0.5, 0.6) is 0 Å². The van der Waals surface area contributed by atoms with Gasteiger partial charge in [-0.05, 0) is 34.5 Å². The Morgan fingerprint density at radius 2 is 2.26 bits per heavy atom. The Morgan fingerprint density at radius 1 is 1.47 bits per heavy atom. The smallest absolute Gasteiger partial charge is 0.188 e. The highest BCUT2D eigenvalue weighted by Crippen LogP contribution is 2.12. The van der Waals surface area contributed by atoms with Gasteiger partial charge in [-0.1, -0.05) is 6.92 Å². The lowest BCUT2D eigenvalue weighted by Crippen LogP contribution is -2.32. The largest absolute Gasteiger partial charge is 0.370 e. The maximum absolute atomic E-state index is 5.72. The van der Waals surface area contributed by atoms with Gasteiger partial charge in [-0.15, -0.1) is 24.0 Å². The Labute approximate surface area is 137 Å². The molecule has 0 fully saturated rings. The van der Waals surface area contributed by atoms with Gasteiger partial charge in [0.25, 0.3) is 0 Å². The van der Waals surface area contributed by atoms with Crippen LogP contribution in [0.25, 0.3) is 5.65 Å². The second-order valence-corrected chi connectivity index (χ2v) is 4.89. The van der Waals surface area contributed by atoms with Crippen molar-refractivity contribution in [3.63, 3.8) is 0 Å². The highest BCUT2D eigenvalue weighted by molar-refractivity contribution is 14.0. The Hall–Kier alpha value is -0.830. The van der Waals surface area contributed by atoms with Crippen molar-refractivity contribution in [3.8, 4) is 0 Å². The summed E-state index contributed by atoms with van der Waals surface area (Å²) in [6, 6.07) is 3.92. The lowest BCUT2D eigenvalue weighted by molar-refractivity contribution is 0.824. The Morgan fingerprint density at radius 3 is 3.00 bits per heavy atom. The Balaban J connectivity index is 0.00000180. The quantitative estimate of drug-likeness (QED) is 0.438. The predicted octanol–water partition coefficient (Wildman–Crippen LogP) is 2.53. The van der Waals surface area contributed by atoms with Crippen LogP contribution in [-0.4, -0.2) is 21.9 Å². The minimum Gasteiger partial charge on any atom is -0.370 e. The fourth-order valence-corrected chi connectivity index (χ4v) is 1.92. The van der Waals surface area contributed by atoms with E-state index in [1.54, 1.807) is 0 Å². The van der Waals surface area contributed by atoms with E-state index in [-0.39, 0.29) is 24.0 Å². The number of rotatable bonds is 4. The fourth-order valence-electron chi connectivity index (χ4n) is 1.57. The number of pyridine rings is 1. The van der Waals surface area contributed by atoms with Crippen LogP contribution in [0.2, 0.25) is 0 Å². The van der Waals surface area contributed by atoms with Crippen LogP contribution in [0, 0.1) is 0 Å². The van der Waals surface area contributed by atoms with Crippen LogP contribution in [0.15, 0.2) is 34.0 Å². The minimum absolute atomic E-state index is 0. The van der Waals surface area contributed by atoms with E-state index in [0.717, 1.165) is 28.8 Å². The highest BCUT2D eigenvalue weighted by Gasteiger charge is 2.01. The van der Waals surface area contributed by atoms with Gasteiger partial charge in [0.05, 0.1) is 12.2 Å². The third-order valence-electron chi connectivity index (χ3n) is 2.43. The third kappa shape index (κ3) is 4.64. The molecule has 0 amide bonds. The van der Waals surface area contributed by atoms with E-state index in [0.29, 0.717) is 12.5 Å². The monoisotopic (exact) mass is 437 g/mol. The average molecular weight is 438 g/mol. The highest BCUT2D eigenvalue weighted by atomic mass is 127. The van der Waals surface area contributed by atoms with Gasteiger partial charge in [0, 0.05) is 23.4 Å². The van der Waals surface area contributed by atoms with Crippen molar-refractivity contribution in [2.45, 2.75) is 19.9 Å². The van der Waals surface area contributed by atoms with Crippen molar-refractivity contribution in [3.05, 3.63) is 34.7 Å². The molecule has 2 aromatic heterocycles. The lowest BCUT2D eigenvalue weighted by Gasteiger charge is -2.01. The predicted molar refractivity (Wildman–Crippen MR) is 91.9 cm³/mol. The summed E-state index contributed by atoms with van der Waals surface area (Å²) in [5.74, 6) is 0.468. The van der Waals surface area contributed by atoms with E-state index in [1.807, 2.05) is 28.9 Å². The SMILES string of the molecule is CCCNC(N)=NCc1cn2cc(Br)ccc2n1.I. The van der Waals surface area contributed by atoms with E-state index in [9.17, 15) is 0 Å². The molecule has 7 heteroatoms. The lowest BCUT2D eigenvalue weighted by atomic mass is 10.5. The van der Waals surface area contributed by atoms with Crippen molar-refractivity contribution >= 4 is 51.5 Å². The first-order valence-corrected chi connectivity index (χ1v) is 6.65. The van der Waals surface area contributed by atoms with E-state index < -0.39 is 0 Å². The van der Waals surface area contributed by atoms with Crippen LogP contribution in [-0.2, 0) is 6.54 Å². The number of imidazole rings is 1. The summed E-state index contributed by atoms with van der Waals surface area (Å²) in [5, 5.41) is 3.03. The molecule has 0 aliphatic heterocycles. The average Bonchev–Trinajstić information content (AvgIpc) is 2.75. The summed E-state index contributed by atoms with van der Waals surface area (Å²) >= 11 is 3.43. The molecule has 2 heterocycles. The first-order valence-electron chi connectivity index (χ1n) is 5.86. The maximum Gasteiger partial charge on any atom is 0.188 e. The Kier molecular flexibility index (Phi) is 6.56. The molecule has 0 aliphatic rings. The summed E-state index contributed by atoms with van der Waals surface area (Å²) in [7, 11) is 0. The Bertz CT molecular complexity index is 566. The second kappa shape index (κ2) is 7.68. The molecule has 0 bridgehead atoms. The van der Waals surface area contributed by atoms with Gasteiger partial charge in [-0.3, -0.25) is 0 Å². The summed E-state index contributed by atoms with van der Waals surface area (Å²) < 4.78 is 2.98. The van der Waals surface area contributed by atoms with Crippen molar-refractivity contribution in [1.29, 1.82) is 0 Å². The number of hydrogen-bond donors (Lipinski definition) is 2. The summed E-state index contributed by atoms with van der Waals surface area (Å²) in [6.45, 7) is 3.41. The maximum atomic E-state index is 5.72. The number of halogens is 2. The van der Waals surface area contributed by atoms with Crippen LogP contribution in [0.3, 0.4) is 0 Å². The van der Waals surface area contributed by atoms with Gasteiger partial charge in [-0.2, -0.15) is 0 Å². The van der Waals surface area contributed by atoms with Gasteiger partial charge in [0.1, 0.15) is 5.65 Å². The molecule has 19 heavy (non-hydrogen) atoms. The van der Waals surface area contributed by atoms with E-state index in [4.69, 9.17) is 5.73 Å². The van der Waals surface area contributed by atoms with E-state index in [1.165, 1.54) is 0 Å². The number of hydrogen-bond acceptors (Lipinski definition) is 2. The number of nitrogens with zero attached hydrogens (tertiary/aromatic N) is 3. The van der Waals surface area contributed by atoms with Crippen molar-refractivity contribution in [1.82, 2.24) is 14.7 Å². The zero-order chi connectivity index (χ0) is 13.0. The summed E-state index contributed by atoms with van der Waals surface area (Å²) in [6.07, 6.45) is 4.95. The number of fused-ring (bicyclic) bond motifs is 1. The van der Waals surface area contributed by atoms with Crippen LogP contribution in [0.1, 0.15) is 19.0 Å². The van der Waals surface area contributed by atoms with Crippen molar-refractivity contribution < 1.29 is 0 Å². The molecular formula is C12H17BrIN5. The molecule has 0 atom stereocenters. The van der Waals surface area contributed by atoms with Crippen LogP contribution in [0.4, 0.5) is 0 Å². The fraction of sp³-hybridized carbons (Fsp3) is 0.333. The topological polar surface area (TPSA) is 67.7 Å². The molecule has 0 aromatic carbocycles. The van der Waals surface area contributed by atoms with E-state index in [2.05, 4.69) is 38.1 Å². The molecule has 0 saturated carbocycles. The first-order chi connectivity index (χ1) is 8.69. The molecule has 0 unspecified atom stereocenters. The molecular weight excluding hydrogens is 421 g/mol. The second-order valence-electron chi connectivity index (χ2n) is 3.97. The first kappa shape index (κ1) is 16.2. The normalized spacial score (nSPS) is 11.4. The zero-order valence-electron chi connectivity index (χ0n) is 10.6. The van der Waals surface area contributed by atoms with Crippen molar-refractivity contribution in [2.75, 3.05) is 6.54 Å². The molecule has 0 spiro atoms. The number of nitrogens with one attached hydrogen (secondary N) is 1. The van der Waals surface area contributed by atoms with Gasteiger partial charge in [0.15, 0.2) is 5.96 Å². The molecule has 2 rings (SSSR count). The van der Waals surface area contributed by atoms with Gasteiger partial charge in [0.2, 0.25) is 0 Å². The number of aromatic nitrogens is 2. The number of aliphatic imine (C=N–C) groups is 1. The number of guanidine groups is 1. The zero-order valence-corrected chi connectivity index (χ0v) is 14.6. The van der Waals surface area contributed by atoms with Gasteiger partial charge in [-0.25, -0.2) is 9.98 Å². The molecule has 2 aromatic rings. The molecule has 0 aliphatic carbocycles.